The van der Waals surface area contributed by atoms with Gasteiger partial charge in [0.05, 0.1) is 0 Å². The van der Waals surface area contributed by atoms with E-state index in [-0.39, 0.29) is 17.0 Å². The van der Waals surface area contributed by atoms with E-state index in [1.165, 1.54) is 0 Å². The van der Waals surface area contributed by atoms with Crippen molar-refractivity contribution in [1.29, 1.82) is 0 Å². The summed E-state index contributed by atoms with van der Waals surface area (Å²) in [4.78, 5) is 13.0. The van der Waals surface area contributed by atoms with Gasteiger partial charge < -0.3 is 15.8 Å². The van der Waals surface area contributed by atoms with Gasteiger partial charge in [-0.2, -0.15) is 0 Å². The lowest BCUT2D eigenvalue weighted by Gasteiger charge is -2.03. The van der Waals surface area contributed by atoms with Gasteiger partial charge in [-0.3, -0.25) is 0 Å². The molecule has 1 saturated carbocycles. The molecule has 0 aromatic carbocycles. The Balaban J connectivity index is 2.18. The van der Waals surface area contributed by atoms with Crippen molar-refractivity contribution in [2.75, 3.05) is 0 Å². The van der Waals surface area contributed by atoms with E-state index in [1.807, 2.05) is 0 Å². The second-order valence-corrected chi connectivity index (χ2v) is 5.45. The van der Waals surface area contributed by atoms with Gasteiger partial charge in [-0.1, -0.05) is 0 Å². The zero-order valence-corrected chi connectivity index (χ0v) is 9.42. The van der Waals surface area contributed by atoms with Crippen LogP contribution in [-0.2, 0) is 10.0 Å². The lowest BCUT2D eigenvalue weighted by atomic mass is 10.5. The fourth-order valence-corrected chi connectivity index (χ4v) is 2.50. The molecule has 2 unspecified atom stereocenters. The highest BCUT2D eigenvalue weighted by molar-refractivity contribution is 7.89. The Morgan fingerprint density at radius 3 is 2.59 bits per heavy atom. The van der Waals surface area contributed by atoms with Crippen LogP contribution >= 0.6 is 0 Å². The van der Waals surface area contributed by atoms with Gasteiger partial charge >= 0.3 is 5.82 Å². The van der Waals surface area contributed by atoms with Crippen LogP contribution in [0.25, 0.3) is 0 Å². The zero-order valence-electron chi connectivity index (χ0n) is 8.61. The molecular formula is C8H10N4O4S. The summed E-state index contributed by atoms with van der Waals surface area (Å²) in [7, 11) is -3.69. The van der Waals surface area contributed by atoms with Crippen LogP contribution in [-0.4, -0.2) is 30.4 Å². The van der Waals surface area contributed by atoms with Gasteiger partial charge in [0.1, 0.15) is 4.90 Å². The predicted molar refractivity (Wildman–Crippen MR) is 57.6 cm³/mol. The molecule has 17 heavy (non-hydrogen) atoms. The first-order valence-corrected chi connectivity index (χ1v) is 6.27. The lowest BCUT2D eigenvalue weighted by molar-refractivity contribution is -0.389. The maximum absolute atomic E-state index is 11.7. The standard InChI is InChI=1S/C8H10N4O4S/c9-6-3-7(6)11-17(15,16)5-1-2-8(10-4-5)12(13)14/h1-2,4,6-7,11H,3,9H2. The Labute approximate surface area is 97.0 Å². The summed E-state index contributed by atoms with van der Waals surface area (Å²) in [6.07, 6.45) is 1.55. The molecular weight excluding hydrogens is 248 g/mol. The second kappa shape index (κ2) is 4.02. The van der Waals surface area contributed by atoms with Crippen LogP contribution in [0, 0.1) is 10.1 Å². The second-order valence-electron chi connectivity index (χ2n) is 3.74. The van der Waals surface area contributed by atoms with Crippen LogP contribution in [0.1, 0.15) is 6.42 Å². The minimum absolute atomic E-state index is 0.109. The third-order valence-electron chi connectivity index (χ3n) is 2.36. The quantitative estimate of drug-likeness (QED) is 0.546. The number of nitrogens with one attached hydrogen (secondary N) is 1. The number of sulfonamides is 1. The molecule has 1 aromatic rings. The summed E-state index contributed by atoms with van der Waals surface area (Å²) in [5.41, 5.74) is 5.48. The number of aromatic nitrogens is 1. The maximum Gasteiger partial charge on any atom is 0.363 e. The van der Waals surface area contributed by atoms with Gasteiger partial charge in [0.15, 0.2) is 6.20 Å². The molecule has 0 bridgehead atoms. The van der Waals surface area contributed by atoms with Crippen molar-refractivity contribution in [2.45, 2.75) is 23.4 Å². The van der Waals surface area contributed by atoms with E-state index >= 15 is 0 Å². The first-order valence-electron chi connectivity index (χ1n) is 4.78. The number of nitrogens with two attached hydrogens (primary N) is 1. The Kier molecular flexibility index (Phi) is 2.81. The molecule has 1 fully saturated rings. The van der Waals surface area contributed by atoms with E-state index in [2.05, 4.69) is 9.71 Å². The normalized spacial score (nSPS) is 23.4. The van der Waals surface area contributed by atoms with Crippen molar-refractivity contribution in [3.63, 3.8) is 0 Å². The maximum atomic E-state index is 11.7. The smallest absolute Gasteiger partial charge is 0.358 e. The van der Waals surface area contributed by atoms with Gasteiger partial charge in [0.25, 0.3) is 0 Å². The molecule has 1 aliphatic carbocycles. The summed E-state index contributed by atoms with van der Waals surface area (Å²) >= 11 is 0. The summed E-state index contributed by atoms with van der Waals surface area (Å²) in [6, 6.07) is 1.77. The van der Waals surface area contributed by atoms with E-state index in [9.17, 15) is 18.5 Å². The molecule has 0 aliphatic heterocycles. The lowest BCUT2D eigenvalue weighted by Crippen LogP contribution is -2.29. The monoisotopic (exact) mass is 258 g/mol. The minimum atomic E-state index is -3.69. The van der Waals surface area contributed by atoms with Crippen LogP contribution < -0.4 is 10.5 Å². The average Bonchev–Trinajstić information content (AvgIpc) is 2.93. The van der Waals surface area contributed by atoms with Gasteiger partial charge in [0, 0.05) is 18.2 Å². The molecule has 8 nitrogen and oxygen atoms in total. The number of hydrogen-bond donors (Lipinski definition) is 2. The van der Waals surface area contributed by atoms with Gasteiger partial charge in [-0.25, -0.2) is 13.1 Å². The molecule has 2 atom stereocenters. The van der Waals surface area contributed by atoms with Crippen molar-refractivity contribution >= 4 is 15.8 Å². The third-order valence-corrected chi connectivity index (χ3v) is 3.84. The number of pyridine rings is 1. The van der Waals surface area contributed by atoms with Crippen LogP contribution in [0.3, 0.4) is 0 Å². The van der Waals surface area contributed by atoms with Crippen LogP contribution in [0.15, 0.2) is 23.2 Å². The zero-order chi connectivity index (χ0) is 12.6. The molecule has 2 rings (SSSR count). The van der Waals surface area contributed by atoms with Crippen molar-refractivity contribution in [1.82, 2.24) is 9.71 Å². The summed E-state index contributed by atoms with van der Waals surface area (Å²) in [5, 5.41) is 10.4. The highest BCUT2D eigenvalue weighted by Gasteiger charge is 2.37. The number of nitrogens with zero attached hydrogens (tertiary/aromatic N) is 2. The molecule has 0 amide bonds. The first kappa shape index (κ1) is 11.9. The topological polar surface area (TPSA) is 128 Å². The summed E-state index contributed by atoms with van der Waals surface area (Å²) in [6.45, 7) is 0. The van der Waals surface area contributed by atoms with E-state index in [0.29, 0.717) is 6.42 Å². The number of rotatable bonds is 4. The van der Waals surface area contributed by atoms with Crippen LogP contribution in [0.4, 0.5) is 5.82 Å². The Bertz CT molecular complexity index is 541. The third kappa shape index (κ3) is 2.57. The fraction of sp³-hybridized carbons (Fsp3) is 0.375. The summed E-state index contributed by atoms with van der Waals surface area (Å²) in [5.74, 6) is -0.396. The molecule has 92 valence electrons. The Hall–Kier alpha value is -1.58. The molecule has 0 spiro atoms. The first-order chi connectivity index (χ1) is 7.90. The predicted octanol–water partition coefficient (Wildman–Crippen LogP) is -0.632. The van der Waals surface area contributed by atoms with Crippen LogP contribution in [0.2, 0.25) is 0 Å². The van der Waals surface area contributed by atoms with Crippen LogP contribution in [0.5, 0.6) is 0 Å². The van der Waals surface area contributed by atoms with Crippen molar-refractivity contribution in [3.8, 4) is 0 Å². The summed E-state index contributed by atoms with van der Waals surface area (Å²) < 4.78 is 25.8. The Morgan fingerprint density at radius 1 is 1.53 bits per heavy atom. The van der Waals surface area contributed by atoms with E-state index in [0.717, 1.165) is 18.3 Å². The van der Waals surface area contributed by atoms with Crippen molar-refractivity contribution in [2.24, 2.45) is 5.73 Å². The van der Waals surface area contributed by atoms with Crippen molar-refractivity contribution < 1.29 is 13.3 Å². The SMILES string of the molecule is NC1CC1NS(=O)(=O)c1ccc([N+](=O)[O-])nc1. The van der Waals surface area contributed by atoms with E-state index < -0.39 is 20.8 Å². The highest BCUT2D eigenvalue weighted by atomic mass is 32.2. The number of hydrogen-bond acceptors (Lipinski definition) is 6. The molecule has 1 aliphatic rings. The average molecular weight is 258 g/mol. The van der Waals surface area contributed by atoms with Gasteiger partial charge in [-0.15, -0.1) is 0 Å². The highest BCUT2D eigenvalue weighted by Crippen LogP contribution is 2.21. The Morgan fingerprint density at radius 2 is 2.18 bits per heavy atom. The van der Waals surface area contributed by atoms with Crippen molar-refractivity contribution in [3.05, 3.63) is 28.4 Å². The minimum Gasteiger partial charge on any atom is -0.358 e. The number of nitro groups is 1. The molecule has 0 radical (unpaired) electrons. The largest absolute Gasteiger partial charge is 0.363 e. The fourth-order valence-electron chi connectivity index (χ4n) is 1.26. The van der Waals surface area contributed by atoms with Gasteiger partial charge in [0.2, 0.25) is 10.0 Å². The molecule has 1 aromatic heterocycles. The molecule has 1 heterocycles. The van der Waals surface area contributed by atoms with E-state index in [1.54, 1.807) is 0 Å². The molecule has 9 heteroatoms. The van der Waals surface area contributed by atoms with E-state index in [4.69, 9.17) is 5.73 Å². The van der Waals surface area contributed by atoms with Gasteiger partial charge in [-0.05, 0) is 22.4 Å². The molecule has 0 saturated heterocycles. The molecule has 3 N–H and O–H groups in total.